The highest BCUT2D eigenvalue weighted by molar-refractivity contribution is 14.0. The topological polar surface area (TPSA) is 85.0 Å². The molecule has 1 rings (SSSR count). The quantitative estimate of drug-likeness (QED) is 0.301. The van der Waals surface area contributed by atoms with Gasteiger partial charge in [-0.2, -0.15) is 0 Å². The Morgan fingerprint density at radius 3 is 2.47 bits per heavy atom. The molecule has 1 fully saturated rings. The molecule has 0 amide bonds. The molecule has 0 aromatic rings. The van der Waals surface area contributed by atoms with Gasteiger partial charge < -0.3 is 15.4 Å². The fraction of sp³-hybridized carbons (Fsp3) is 0.909. The van der Waals surface area contributed by atoms with Gasteiger partial charge in [0.05, 0.1) is 25.5 Å². The summed E-state index contributed by atoms with van der Waals surface area (Å²) in [6.07, 6.45) is 4.80. The second-order valence-electron chi connectivity index (χ2n) is 4.53. The van der Waals surface area contributed by atoms with Crippen molar-refractivity contribution in [3.63, 3.8) is 0 Å². The van der Waals surface area contributed by atoms with E-state index in [1.807, 2.05) is 0 Å². The third-order valence-corrected chi connectivity index (χ3v) is 3.70. The normalized spacial score (nSPS) is 17.1. The number of nitrogens with two attached hydrogens (primary N) is 1. The first kappa shape index (κ1) is 18.9. The SMILES string of the molecule is CS(=O)(=O)CCOCCN=C(N)N1CCCCC1.I. The van der Waals surface area contributed by atoms with Crippen molar-refractivity contribution < 1.29 is 13.2 Å². The van der Waals surface area contributed by atoms with Crippen LogP contribution in [0.5, 0.6) is 0 Å². The van der Waals surface area contributed by atoms with Gasteiger partial charge in [0.15, 0.2) is 5.96 Å². The Balaban J connectivity index is 0.00000324. The lowest BCUT2D eigenvalue weighted by molar-refractivity contribution is 0.157. The molecule has 2 N–H and O–H groups in total. The number of rotatable bonds is 6. The van der Waals surface area contributed by atoms with Crippen LogP contribution in [-0.2, 0) is 14.6 Å². The summed E-state index contributed by atoms with van der Waals surface area (Å²) < 4.78 is 26.9. The molecule has 0 unspecified atom stereocenters. The summed E-state index contributed by atoms with van der Waals surface area (Å²) in [6.45, 7) is 3.06. The summed E-state index contributed by atoms with van der Waals surface area (Å²) in [6, 6.07) is 0. The Labute approximate surface area is 132 Å². The van der Waals surface area contributed by atoms with Gasteiger partial charge in [0.25, 0.3) is 0 Å². The number of ether oxygens (including phenoxy) is 1. The Hall–Kier alpha value is -0.0900. The molecular weight excluding hydrogens is 381 g/mol. The van der Waals surface area contributed by atoms with Gasteiger partial charge in [-0.05, 0) is 19.3 Å². The van der Waals surface area contributed by atoms with Crippen molar-refractivity contribution in [1.82, 2.24) is 4.90 Å². The van der Waals surface area contributed by atoms with Crippen molar-refractivity contribution in [1.29, 1.82) is 0 Å². The highest BCUT2D eigenvalue weighted by Gasteiger charge is 2.11. The van der Waals surface area contributed by atoms with Crippen molar-refractivity contribution >= 4 is 39.8 Å². The lowest BCUT2D eigenvalue weighted by Crippen LogP contribution is -2.41. The van der Waals surface area contributed by atoms with E-state index in [-0.39, 0.29) is 36.3 Å². The highest BCUT2D eigenvalue weighted by atomic mass is 127. The van der Waals surface area contributed by atoms with E-state index in [1.165, 1.54) is 25.5 Å². The summed E-state index contributed by atoms with van der Waals surface area (Å²) in [5.41, 5.74) is 5.86. The van der Waals surface area contributed by atoms with Crippen LogP contribution in [0.1, 0.15) is 19.3 Å². The maximum Gasteiger partial charge on any atom is 0.191 e. The van der Waals surface area contributed by atoms with Crippen molar-refractivity contribution in [3.8, 4) is 0 Å². The number of hydrogen-bond acceptors (Lipinski definition) is 4. The van der Waals surface area contributed by atoms with Crippen molar-refractivity contribution in [2.75, 3.05) is 44.9 Å². The number of piperidine rings is 1. The maximum atomic E-state index is 10.8. The number of nitrogens with zero attached hydrogens (tertiary/aromatic N) is 2. The fourth-order valence-corrected chi connectivity index (χ4v) is 2.18. The molecule has 0 aromatic carbocycles. The van der Waals surface area contributed by atoms with Gasteiger partial charge in [-0.15, -0.1) is 24.0 Å². The molecule has 8 heteroatoms. The summed E-state index contributed by atoms with van der Waals surface area (Å²) in [4.78, 5) is 6.31. The molecule has 0 saturated carbocycles. The average Bonchev–Trinajstić information content (AvgIpc) is 2.33. The van der Waals surface area contributed by atoms with E-state index in [1.54, 1.807) is 0 Å². The standard InChI is InChI=1S/C11H23N3O3S.HI/c1-18(15,16)10-9-17-8-5-13-11(12)14-6-3-2-4-7-14;/h2-10H2,1H3,(H2,12,13);1H. The highest BCUT2D eigenvalue weighted by Crippen LogP contribution is 2.07. The molecule has 0 atom stereocenters. The Morgan fingerprint density at radius 1 is 1.26 bits per heavy atom. The van der Waals surface area contributed by atoms with Crippen molar-refractivity contribution in [2.24, 2.45) is 10.7 Å². The molecular formula is C11H24IN3O3S. The smallest absolute Gasteiger partial charge is 0.191 e. The van der Waals surface area contributed by atoms with Gasteiger partial charge in [-0.1, -0.05) is 0 Å². The predicted molar refractivity (Wildman–Crippen MR) is 87.9 cm³/mol. The third-order valence-electron chi connectivity index (χ3n) is 2.79. The Morgan fingerprint density at radius 2 is 1.89 bits per heavy atom. The summed E-state index contributed by atoms with van der Waals surface area (Å²) in [5.74, 6) is 0.625. The van der Waals surface area contributed by atoms with Gasteiger partial charge in [-0.3, -0.25) is 4.99 Å². The molecule has 1 aliphatic heterocycles. The van der Waals surface area contributed by atoms with E-state index in [4.69, 9.17) is 10.5 Å². The van der Waals surface area contributed by atoms with Gasteiger partial charge in [0.1, 0.15) is 9.84 Å². The molecule has 19 heavy (non-hydrogen) atoms. The predicted octanol–water partition coefficient (Wildman–Crippen LogP) is 0.466. The number of likely N-dealkylation sites (tertiary alicyclic amines) is 1. The number of halogens is 1. The average molecular weight is 405 g/mol. The monoisotopic (exact) mass is 405 g/mol. The third kappa shape index (κ3) is 9.44. The minimum absolute atomic E-state index is 0. The molecule has 0 radical (unpaired) electrons. The minimum Gasteiger partial charge on any atom is -0.378 e. The molecule has 1 heterocycles. The molecule has 6 nitrogen and oxygen atoms in total. The van der Waals surface area contributed by atoms with E-state index in [9.17, 15) is 8.42 Å². The van der Waals surface area contributed by atoms with E-state index in [0.29, 0.717) is 19.1 Å². The van der Waals surface area contributed by atoms with Crippen LogP contribution in [0.3, 0.4) is 0 Å². The summed E-state index contributed by atoms with van der Waals surface area (Å²) in [7, 11) is -2.94. The minimum atomic E-state index is -2.94. The van der Waals surface area contributed by atoms with E-state index >= 15 is 0 Å². The number of guanidine groups is 1. The fourth-order valence-electron chi connectivity index (χ4n) is 1.76. The van der Waals surface area contributed by atoms with Gasteiger partial charge in [0.2, 0.25) is 0 Å². The summed E-state index contributed by atoms with van der Waals surface area (Å²) in [5, 5.41) is 0. The van der Waals surface area contributed by atoms with Crippen LogP contribution in [0.4, 0.5) is 0 Å². The van der Waals surface area contributed by atoms with Crippen LogP contribution >= 0.6 is 24.0 Å². The van der Waals surface area contributed by atoms with Crippen LogP contribution in [-0.4, -0.2) is 64.1 Å². The molecule has 0 aromatic heterocycles. The second kappa shape index (κ2) is 9.76. The van der Waals surface area contributed by atoms with E-state index in [0.717, 1.165) is 13.1 Å². The summed E-state index contributed by atoms with van der Waals surface area (Å²) >= 11 is 0. The largest absolute Gasteiger partial charge is 0.378 e. The molecule has 1 saturated heterocycles. The van der Waals surface area contributed by atoms with E-state index in [2.05, 4.69) is 9.89 Å². The lowest BCUT2D eigenvalue weighted by atomic mass is 10.1. The van der Waals surface area contributed by atoms with Crippen molar-refractivity contribution in [3.05, 3.63) is 0 Å². The number of aliphatic imine (C=N–C) groups is 1. The zero-order valence-electron chi connectivity index (χ0n) is 11.4. The van der Waals surface area contributed by atoms with E-state index < -0.39 is 9.84 Å². The van der Waals surface area contributed by atoms with Gasteiger partial charge >= 0.3 is 0 Å². The first-order chi connectivity index (χ1) is 8.49. The van der Waals surface area contributed by atoms with Crippen molar-refractivity contribution in [2.45, 2.75) is 19.3 Å². The van der Waals surface area contributed by atoms with Gasteiger partial charge in [-0.25, -0.2) is 8.42 Å². The first-order valence-electron chi connectivity index (χ1n) is 6.29. The second-order valence-corrected chi connectivity index (χ2v) is 6.79. The zero-order chi connectivity index (χ0) is 13.4. The van der Waals surface area contributed by atoms with Crippen LogP contribution in [0.2, 0.25) is 0 Å². The lowest BCUT2D eigenvalue weighted by Gasteiger charge is -2.27. The maximum absolute atomic E-state index is 10.8. The van der Waals surface area contributed by atoms with Gasteiger partial charge in [0, 0.05) is 19.3 Å². The number of hydrogen-bond donors (Lipinski definition) is 1. The molecule has 114 valence electrons. The van der Waals surface area contributed by atoms with Crippen LogP contribution < -0.4 is 5.73 Å². The van der Waals surface area contributed by atoms with Crippen LogP contribution in [0.15, 0.2) is 4.99 Å². The zero-order valence-corrected chi connectivity index (χ0v) is 14.5. The Kier molecular flexibility index (Phi) is 9.71. The first-order valence-corrected chi connectivity index (χ1v) is 8.35. The molecule has 0 bridgehead atoms. The molecule has 1 aliphatic rings. The Bertz CT molecular complexity index is 367. The molecule has 0 aliphatic carbocycles. The number of sulfone groups is 1. The van der Waals surface area contributed by atoms with Crippen LogP contribution in [0.25, 0.3) is 0 Å². The van der Waals surface area contributed by atoms with Crippen LogP contribution in [0, 0.1) is 0 Å². The molecule has 0 spiro atoms.